The molecule has 286 valence electrons. The summed E-state index contributed by atoms with van der Waals surface area (Å²) in [5, 5.41) is 10.3. The van der Waals surface area contributed by atoms with Gasteiger partial charge in [-0.3, -0.25) is 33.1 Å². The molecule has 0 fully saturated rings. The molecule has 0 spiro atoms. The van der Waals surface area contributed by atoms with Crippen LogP contribution in [-0.2, 0) is 28.4 Å². The number of nitrogens with zero attached hydrogens (tertiary/aromatic N) is 4. The molecule has 6 heterocycles. The van der Waals surface area contributed by atoms with Gasteiger partial charge in [0, 0.05) is 67.0 Å². The molecule has 8 N–H and O–H groups in total. The number of aryl methyl sites for hydroxylation is 6. The van der Waals surface area contributed by atoms with Crippen LogP contribution in [0.15, 0.2) is 55.6 Å². The number of aliphatic hydroxyl groups is 1. The topological polar surface area (TPSA) is 263 Å². The number of aliphatic hydroxyl groups excluding tert-OH is 1. The van der Waals surface area contributed by atoms with Gasteiger partial charge in [-0.25, -0.2) is 4.79 Å². The number of carbonyl (C=O) groups is 2. The van der Waals surface area contributed by atoms with E-state index < -0.39 is 24.3 Å². The van der Waals surface area contributed by atoms with E-state index in [1.54, 1.807) is 33.2 Å². The van der Waals surface area contributed by atoms with Gasteiger partial charge in [0.15, 0.2) is 11.5 Å². The second kappa shape index (κ2) is 14.6. The highest BCUT2D eigenvalue weighted by atomic mass is 16.6. The smallest absolute Gasteiger partial charge is 0.369 e. The first-order valence-corrected chi connectivity index (χ1v) is 16.3. The van der Waals surface area contributed by atoms with Crippen molar-refractivity contribution in [3.63, 3.8) is 0 Å². The molecule has 1 amide bonds. The van der Waals surface area contributed by atoms with Crippen LogP contribution in [-0.4, -0.2) is 54.4 Å². The van der Waals surface area contributed by atoms with Gasteiger partial charge in [-0.15, -0.1) is 0 Å². The molecule has 2 aliphatic heterocycles. The fraction of sp³-hybridized carbons (Fsp3) is 0.297. The average Bonchev–Trinajstić information content (AvgIpc) is 3.70. The summed E-state index contributed by atoms with van der Waals surface area (Å²) in [7, 11) is 4.28. The van der Waals surface area contributed by atoms with Crippen molar-refractivity contribution < 1.29 is 34.4 Å². The lowest BCUT2D eigenvalue weighted by Crippen LogP contribution is -2.34. The number of hydrogen-bond acceptors (Lipinski definition) is 11. The minimum absolute atomic E-state index is 0. The Hall–Kier alpha value is -6.30. The summed E-state index contributed by atoms with van der Waals surface area (Å²) in [5.74, 6) is -0.693. The standard InChI is InChI=1S/C19H18N2O5.C17H15N3O4.CH4O.H3N.H2O/c1-5-25-19(24)18-21-14(23)7-10(3)12-8-11-9(2)6-13(22)20(4)15(11)17(26-18)16(12)21;1-7-4-11(21)19(3)13-9(7)6-10-8(2)5-12(22)20-14(10)15(13)24-17(20)16(18)23;1-2;;/h6-8,18H,5H2,1-4H3;4-6,17H,1-3H3,(H2,18,23);2H,1H3;1H3;1H2. The number of ether oxygens (including phenoxy) is 3. The number of fused-ring (bicyclic) bond motifs is 4. The van der Waals surface area contributed by atoms with Gasteiger partial charge in [0.1, 0.15) is 11.0 Å². The lowest BCUT2D eigenvalue weighted by atomic mass is 10.0. The van der Waals surface area contributed by atoms with Gasteiger partial charge >= 0.3 is 5.97 Å². The van der Waals surface area contributed by atoms with E-state index in [9.17, 15) is 28.8 Å². The highest BCUT2D eigenvalue weighted by Crippen LogP contribution is 2.43. The van der Waals surface area contributed by atoms with Crippen molar-refractivity contribution in [2.75, 3.05) is 13.7 Å². The van der Waals surface area contributed by atoms with Crippen LogP contribution in [0.25, 0.3) is 43.6 Å². The minimum Gasteiger partial charge on any atom is -0.462 e. The van der Waals surface area contributed by atoms with Crippen LogP contribution in [0.2, 0.25) is 0 Å². The second-order valence-electron chi connectivity index (χ2n) is 12.6. The number of pyridine rings is 4. The summed E-state index contributed by atoms with van der Waals surface area (Å²) in [6.45, 7) is 9.23. The maximum Gasteiger partial charge on any atom is 0.369 e. The maximum atomic E-state index is 12.6. The molecule has 8 rings (SSSR count). The normalized spacial score (nSPS) is 14.6. The largest absolute Gasteiger partial charge is 0.462 e. The molecule has 17 nitrogen and oxygen atoms in total. The molecule has 0 saturated heterocycles. The molecule has 2 unspecified atom stereocenters. The second-order valence-corrected chi connectivity index (χ2v) is 12.6. The number of carbonyl (C=O) groups excluding carboxylic acids is 2. The first-order chi connectivity index (χ1) is 24.7. The van der Waals surface area contributed by atoms with Crippen molar-refractivity contribution in [1.82, 2.24) is 24.4 Å². The molecular weight excluding hydrogens is 704 g/mol. The third-order valence-corrected chi connectivity index (χ3v) is 9.47. The maximum absolute atomic E-state index is 12.6. The van der Waals surface area contributed by atoms with Gasteiger partial charge in [0.25, 0.3) is 40.6 Å². The van der Waals surface area contributed by atoms with Gasteiger partial charge in [-0.05, 0) is 69.0 Å². The molecule has 54 heavy (non-hydrogen) atoms. The van der Waals surface area contributed by atoms with Gasteiger partial charge in [-0.1, -0.05) is 0 Å². The van der Waals surface area contributed by atoms with E-state index in [-0.39, 0.29) is 40.5 Å². The van der Waals surface area contributed by atoms with Crippen LogP contribution in [0.3, 0.4) is 0 Å². The first-order valence-electron chi connectivity index (χ1n) is 16.3. The lowest BCUT2D eigenvalue weighted by Gasteiger charge is -2.13. The Labute approximate surface area is 306 Å². The van der Waals surface area contributed by atoms with Crippen molar-refractivity contribution in [2.45, 2.75) is 47.1 Å². The molecule has 4 aromatic heterocycles. The number of amides is 1. The van der Waals surface area contributed by atoms with E-state index in [2.05, 4.69) is 0 Å². The predicted molar refractivity (Wildman–Crippen MR) is 203 cm³/mol. The van der Waals surface area contributed by atoms with Crippen LogP contribution < -0.4 is 43.6 Å². The summed E-state index contributed by atoms with van der Waals surface area (Å²) in [5.41, 5.74) is 9.62. The van der Waals surface area contributed by atoms with E-state index >= 15 is 0 Å². The van der Waals surface area contributed by atoms with E-state index in [0.29, 0.717) is 33.6 Å². The van der Waals surface area contributed by atoms with Gasteiger partial charge in [0.05, 0.1) is 17.6 Å². The van der Waals surface area contributed by atoms with E-state index in [1.165, 1.54) is 30.4 Å². The van der Waals surface area contributed by atoms with Gasteiger partial charge in [0.2, 0.25) is 0 Å². The first kappa shape index (κ1) is 40.5. The number of hydrogen-bond donors (Lipinski definition) is 3. The Morgan fingerprint density at radius 1 is 0.648 bits per heavy atom. The molecular formula is C37H42N6O11. The van der Waals surface area contributed by atoms with Crippen LogP contribution in [0.4, 0.5) is 0 Å². The zero-order chi connectivity index (χ0) is 38.1. The fourth-order valence-corrected chi connectivity index (χ4v) is 7.02. The Kier molecular flexibility index (Phi) is 11.0. The Morgan fingerprint density at radius 2 is 0.981 bits per heavy atom. The van der Waals surface area contributed by atoms with Crippen molar-refractivity contribution in [1.29, 1.82) is 0 Å². The molecule has 2 aromatic carbocycles. The zero-order valence-electron chi connectivity index (χ0n) is 31.0. The Morgan fingerprint density at radius 3 is 1.35 bits per heavy atom. The Bertz CT molecular complexity index is 2800. The van der Waals surface area contributed by atoms with Crippen molar-refractivity contribution in [2.24, 2.45) is 19.8 Å². The lowest BCUT2D eigenvalue weighted by molar-refractivity contribution is -0.155. The molecule has 2 aliphatic rings. The molecule has 2 atom stereocenters. The van der Waals surface area contributed by atoms with Crippen LogP contribution in [0, 0.1) is 27.7 Å². The summed E-state index contributed by atoms with van der Waals surface area (Å²) in [4.78, 5) is 73.6. The third kappa shape index (κ3) is 5.87. The molecule has 17 heteroatoms. The molecule has 0 bridgehead atoms. The van der Waals surface area contributed by atoms with E-state index in [0.717, 1.165) is 50.9 Å². The minimum atomic E-state index is -1.21. The summed E-state index contributed by atoms with van der Waals surface area (Å²) < 4.78 is 22.2. The molecule has 0 aliphatic carbocycles. The number of nitrogens with two attached hydrogens (primary N) is 1. The number of primary amides is 1. The number of esters is 1. The SMILES string of the molecule is CCOC(=O)C1Oc2c3c(cc4c(C)cc(=O)n1c24)c(C)cc(=O)n3C.CO.Cc1cc(=O)n(C)c2c3c4c(cc12)c(C)cc(=O)n4C(C(N)=O)O3.N.O. The fourth-order valence-electron chi connectivity index (χ4n) is 7.02. The molecule has 6 aromatic rings. The van der Waals surface area contributed by atoms with Crippen molar-refractivity contribution in [3.05, 3.63) is 100 Å². The van der Waals surface area contributed by atoms with Crippen molar-refractivity contribution in [3.8, 4) is 11.5 Å². The highest BCUT2D eigenvalue weighted by Gasteiger charge is 2.37. The molecule has 0 saturated carbocycles. The summed E-state index contributed by atoms with van der Waals surface area (Å²) >= 11 is 0. The van der Waals surface area contributed by atoms with Crippen LogP contribution in [0.5, 0.6) is 11.5 Å². The highest BCUT2D eigenvalue weighted by molar-refractivity contribution is 6.07. The number of rotatable bonds is 3. The quantitative estimate of drug-likeness (QED) is 0.173. The number of aromatic nitrogens is 4. The summed E-state index contributed by atoms with van der Waals surface area (Å²) in [6, 6.07) is 9.90. The third-order valence-electron chi connectivity index (χ3n) is 9.47. The van der Waals surface area contributed by atoms with Crippen molar-refractivity contribution >= 4 is 55.5 Å². The van der Waals surface area contributed by atoms with Gasteiger partial charge < -0.3 is 45.8 Å². The number of benzene rings is 2. The van der Waals surface area contributed by atoms with Crippen LogP contribution >= 0.6 is 0 Å². The van der Waals surface area contributed by atoms with Crippen LogP contribution in [0.1, 0.15) is 41.6 Å². The molecule has 0 radical (unpaired) electrons. The average molecular weight is 747 g/mol. The zero-order valence-corrected chi connectivity index (χ0v) is 31.0. The van der Waals surface area contributed by atoms with Gasteiger partial charge in [-0.2, -0.15) is 0 Å². The Balaban J connectivity index is 0.000000223. The van der Waals surface area contributed by atoms with E-state index in [4.69, 9.17) is 25.1 Å². The summed E-state index contributed by atoms with van der Waals surface area (Å²) in [6.07, 6.45) is -2.40. The van der Waals surface area contributed by atoms with E-state index in [1.807, 2.05) is 39.8 Å². The predicted octanol–water partition coefficient (Wildman–Crippen LogP) is 1.72. The monoisotopic (exact) mass is 746 g/mol.